The van der Waals surface area contributed by atoms with Gasteiger partial charge in [-0.15, -0.1) is 0 Å². The van der Waals surface area contributed by atoms with Crippen LogP contribution in [0.4, 0.5) is 0 Å². The van der Waals surface area contributed by atoms with E-state index in [1.165, 1.54) is 0 Å². The average Bonchev–Trinajstić information content (AvgIpc) is 2.08. The smallest absolute Gasteiger partial charge is 0.303 e. The van der Waals surface area contributed by atoms with Crippen LogP contribution in [0.3, 0.4) is 0 Å². The molecule has 0 bridgehead atoms. The highest BCUT2D eigenvalue weighted by Crippen LogP contribution is 1.93. The van der Waals surface area contributed by atoms with Gasteiger partial charge in [0.15, 0.2) is 0 Å². The summed E-state index contributed by atoms with van der Waals surface area (Å²) in [5, 5.41) is 11.7. The average molecular weight is 202 g/mol. The van der Waals surface area contributed by atoms with E-state index in [-0.39, 0.29) is 6.42 Å². The second kappa shape index (κ2) is 7.76. The lowest BCUT2D eigenvalue weighted by atomic mass is 10.2. The van der Waals surface area contributed by atoms with Gasteiger partial charge in [0.2, 0.25) is 0 Å². The van der Waals surface area contributed by atoms with Gasteiger partial charge in [-0.25, -0.2) is 0 Å². The fourth-order valence-electron chi connectivity index (χ4n) is 1.14. The van der Waals surface area contributed by atoms with Crippen molar-refractivity contribution < 1.29 is 9.90 Å². The van der Waals surface area contributed by atoms with E-state index in [0.29, 0.717) is 12.5 Å². The number of carbonyl (C=O) groups is 1. The lowest BCUT2D eigenvalue weighted by molar-refractivity contribution is -0.137. The number of hydrogen-bond donors (Lipinski definition) is 2. The molecular formula is C10H22N2O2. The molecule has 0 amide bonds. The Hall–Kier alpha value is -0.610. The molecule has 84 valence electrons. The zero-order valence-corrected chi connectivity index (χ0v) is 9.42. The SMILES string of the molecule is CC(CCN(C)C)NCCCC(=O)O. The summed E-state index contributed by atoms with van der Waals surface area (Å²) in [4.78, 5) is 12.4. The van der Waals surface area contributed by atoms with Crippen LogP contribution in [0.15, 0.2) is 0 Å². The minimum Gasteiger partial charge on any atom is -0.481 e. The summed E-state index contributed by atoms with van der Waals surface area (Å²) in [6.07, 6.45) is 2.06. The normalized spacial score (nSPS) is 13.1. The van der Waals surface area contributed by atoms with Gasteiger partial charge in [0.25, 0.3) is 0 Å². The Morgan fingerprint density at radius 1 is 1.50 bits per heavy atom. The number of carboxylic acid groups (broad SMARTS) is 1. The highest BCUT2D eigenvalue weighted by atomic mass is 16.4. The van der Waals surface area contributed by atoms with Gasteiger partial charge in [-0.3, -0.25) is 4.79 Å². The lowest BCUT2D eigenvalue weighted by Crippen LogP contribution is -2.30. The third-order valence-electron chi connectivity index (χ3n) is 2.07. The quantitative estimate of drug-likeness (QED) is 0.571. The predicted molar refractivity (Wildman–Crippen MR) is 57.5 cm³/mol. The Kier molecular flexibility index (Phi) is 7.42. The summed E-state index contributed by atoms with van der Waals surface area (Å²) < 4.78 is 0. The number of nitrogens with one attached hydrogen (secondary N) is 1. The first-order chi connectivity index (χ1) is 6.52. The van der Waals surface area contributed by atoms with E-state index in [1.54, 1.807) is 0 Å². The number of hydrogen-bond acceptors (Lipinski definition) is 3. The molecule has 0 radical (unpaired) electrons. The van der Waals surface area contributed by atoms with Crippen molar-refractivity contribution in [3.05, 3.63) is 0 Å². The van der Waals surface area contributed by atoms with Gasteiger partial charge in [-0.2, -0.15) is 0 Å². The number of carboxylic acids is 1. The Bertz CT molecular complexity index is 160. The van der Waals surface area contributed by atoms with Crippen LogP contribution in [-0.2, 0) is 4.79 Å². The minimum absolute atomic E-state index is 0.257. The van der Waals surface area contributed by atoms with Gasteiger partial charge >= 0.3 is 5.97 Å². The molecule has 2 N–H and O–H groups in total. The highest BCUT2D eigenvalue weighted by molar-refractivity contribution is 5.66. The van der Waals surface area contributed by atoms with Gasteiger partial charge in [-0.05, 0) is 47.0 Å². The summed E-state index contributed by atoms with van der Waals surface area (Å²) in [5.41, 5.74) is 0. The molecule has 0 saturated heterocycles. The molecule has 0 aromatic heterocycles. The Morgan fingerprint density at radius 2 is 2.14 bits per heavy atom. The Morgan fingerprint density at radius 3 is 2.64 bits per heavy atom. The van der Waals surface area contributed by atoms with Crippen molar-refractivity contribution in [2.24, 2.45) is 0 Å². The molecule has 0 aliphatic rings. The van der Waals surface area contributed by atoms with Crippen LogP contribution in [0.25, 0.3) is 0 Å². The maximum atomic E-state index is 10.2. The summed E-state index contributed by atoms with van der Waals surface area (Å²) >= 11 is 0. The predicted octanol–water partition coefficient (Wildman–Crippen LogP) is 0.781. The van der Waals surface area contributed by atoms with Crippen molar-refractivity contribution in [1.82, 2.24) is 10.2 Å². The van der Waals surface area contributed by atoms with Gasteiger partial charge in [0.05, 0.1) is 0 Å². The van der Waals surface area contributed by atoms with Gasteiger partial charge in [-0.1, -0.05) is 0 Å². The van der Waals surface area contributed by atoms with Gasteiger partial charge < -0.3 is 15.3 Å². The van der Waals surface area contributed by atoms with Crippen LogP contribution in [0.1, 0.15) is 26.2 Å². The highest BCUT2D eigenvalue weighted by Gasteiger charge is 2.02. The van der Waals surface area contributed by atoms with Crippen LogP contribution in [-0.4, -0.2) is 49.2 Å². The molecule has 0 aromatic rings. The zero-order valence-electron chi connectivity index (χ0n) is 9.42. The second-order valence-corrected chi connectivity index (χ2v) is 3.94. The number of nitrogens with zero attached hydrogens (tertiary/aromatic N) is 1. The molecule has 0 fully saturated rings. The fraction of sp³-hybridized carbons (Fsp3) is 0.900. The fourth-order valence-corrected chi connectivity index (χ4v) is 1.14. The third-order valence-corrected chi connectivity index (χ3v) is 2.07. The first-order valence-corrected chi connectivity index (χ1v) is 5.12. The van der Waals surface area contributed by atoms with E-state index in [4.69, 9.17) is 5.11 Å². The van der Waals surface area contributed by atoms with E-state index in [9.17, 15) is 4.79 Å². The van der Waals surface area contributed by atoms with Crippen LogP contribution in [0, 0.1) is 0 Å². The molecule has 0 heterocycles. The molecule has 14 heavy (non-hydrogen) atoms. The van der Waals surface area contributed by atoms with Crippen molar-refractivity contribution in [2.75, 3.05) is 27.2 Å². The number of rotatable bonds is 8. The van der Waals surface area contributed by atoms with Crippen LogP contribution in [0.5, 0.6) is 0 Å². The zero-order chi connectivity index (χ0) is 11.0. The van der Waals surface area contributed by atoms with Crippen LogP contribution >= 0.6 is 0 Å². The van der Waals surface area contributed by atoms with Crippen molar-refractivity contribution in [3.8, 4) is 0 Å². The molecule has 0 rings (SSSR count). The van der Waals surface area contributed by atoms with Crippen LogP contribution < -0.4 is 5.32 Å². The Labute approximate surface area is 86.3 Å². The molecule has 4 heteroatoms. The van der Waals surface area contributed by atoms with E-state index in [2.05, 4.69) is 31.2 Å². The standard InChI is InChI=1S/C10H22N2O2/c1-9(6-8-12(2)3)11-7-4-5-10(13)14/h9,11H,4-8H2,1-3H3,(H,13,14). The monoisotopic (exact) mass is 202 g/mol. The molecular weight excluding hydrogens is 180 g/mol. The number of aliphatic carboxylic acids is 1. The summed E-state index contributed by atoms with van der Waals surface area (Å²) in [6.45, 7) is 3.98. The first kappa shape index (κ1) is 13.4. The molecule has 0 aliphatic carbocycles. The second-order valence-electron chi connectivity index (χ2n) is 3.94. The van der Waals surface area contributed by atoms with Crippen molar-refractivity contribution >= 4 is 5.97 Å². The molecule has 0 aromatic carbocycles. The third kappa shape index (κ3) is 9.48. The summed E-state index contributed by atoms with van der Waals surface area (Å²) in [7, 11) is 4.11. The van der Waals surface area contributed by atoms with E-state index < -0.39 is 5.97 Å². The van der Waals surface area contributed by atoms with Crippen molar-refractivity contribution in [2.45, 2.75) is 32.2 Å². The topological polar surface area (TPSA) is 52.6 Å². The molecule has 1 unspecified atom stereocenters. The van der Waals surface area contributed by atoms with Gasteiger partial charge in [0, 0.05) is 12.5 Å². The molecule has 0 aliphatic heterocycles. The molecule has 0 spiro atoms. The van der Waals surface area contributed by atoms with Crippen molar-refractivity contribution in [3.63, 3.8) is 0 Å². The summed E-state index contributed by atoms with van der Waals surface area (Å²) in [6, 6.07) is 0.464. The van der Waals surface area contributed by atoms with Crippen molar-refractivity contribution in [1.29, 1.82) is 0 Å². The molecule has 1 atom stereocenters. The van der Waals surface area contributed by atoms with Crippen LogP contribution in [0.2, 0.25) is 0 Å². The Balaban J connectivity index is 3.26. The van der Waals surface area contributed by atoms with Gasteiger partial charge in [0.1, 0.15) is 0 Å². The minimum atomic E-state index is -0.715. The summed E-state index contributed by atoms with van der Waals surface area (Å²) in [5.74, 6) is -0.715. The first-order valence-electron chi connectivity index (χ1n) is 5.12. The van der Waals surface area contributed by atoms with E-state index in [1.807, 2.05) is 0 Å². The lowest BCUT2D eigenvalue weighted by Gasteiger charge is -2.16. The van der Waals surface area contributed by atoms with E-state index >= 15 is 0 Å². The molecule has 0 saturated carbocycles. The molecule has 4 nitrogen and oxygen atoms in total. The maximum absolute atomic E-state index is 10.2. The maximum Gasteiger partial charge on any atom is 0.303 e. The largest absolute Gasteiger partial charge is 0.481 e. The van der Waals surface area contributed by atoms with E-state index in [0.717, 1.165) is 19.5 Å².